The molecule has 0 amide bonds. The van der Waals surface area contributed by atoms with Gasteiger partial charge in [0.15, 0.2) is 5.76 Å². The van der Waals surface area contributed by atoms with Crippen molar-refractivity contribution in [3.63, 3.8) is 0 Å². The highest BCUT2D eigenvalue weighted by molar-refractivity contribution is 5.85. The minimum absolute atomic E-state index is 0. The van der Waals surface area contributed by atoms with E-state index in [0.29, 0.717) is 5.76 Å². The van der Waals surface area contributed by atoms with Gasteiger partial charge in [-0.2, -0.15) is 0 Å². The molecule has 0 aliphatic carbocycles. The molecule has 1 N–H and O–H groups in total. The van der Waals surface area contributed by atoms with Crippen LogP contribution in [0.2, 0.25) is 0 Å². The van der Waals surface area contributed by atoms with Crippen LogP contribution in [0.5, 0.6) is 0 Å². The van der Waals surface area contributed by atoms with Crippen molar-refractivity contribution in [3.8, 4) is 11.5 Å². The lowest BCUT2D eigenvalue weighted by Crippen LogP contribution is -2.42. The average Bonchev–Trinajstić information content (AvgIpc) is 3.00. The maximum atomic E-state index is 5.27. The summed E-state index contributed by atoms with van der Waals surface area (Å²) in [6, 6.07) is 5.66. The predicted octanol–water partition coefficient (Wildman–Crippen LogP) is 2.18. The van der Waals surface area contributed by atoms with E-state index in [0.717, 1.165) is 44.2 Å². The van der Waals surface area contributed by atoms with Gasteiger partial charge in [-0.3, -0.25) is 4.90 Å². The first kappa shape index (κ1) is 16.0. The number of furan rings is 1. The molecular weight excluding hydrogens is 289 g/mol. The topological polar surface area (TPSA) is 54.4 Å². The van der Waals surface area contributed by atoms with Crippen LogP contribution in [-0.4, -0.2) is 36.2 Å². The molecule has 2 aromatic rings. The summed E-state index contributed by atoms with van der Waals surface area (Å²) in [4.78, 5) is 2.36. The first-order chi connectivity index (χ1) is 8.42. The van der Waals surface area contributed by atoms with Gasteiger partial charge >= 0.3 is 0 Å². The zero-order valence-electron chi connectivity index (χ0n) is 10.4. The Labute approximate surface area is 124 Å². The van der Waals surface area contributed by atoms with E-state index in [1.165, 1.54) is 0 Å². The van der Waals surface area contributed by atoms with Crippen molar-refractivity contribution in [2.24, 2.45) is 0 Å². The van der Waals surface area contributed by atoms with E-state index in [4.69, 9.17) is 8.94 Å². The van der Waals surface area contributed by atoms with Crippen LogP contribution in [0.15, 0.2) is 33.4 Å². The zero-order valence-corrected chi connectivity index (χ0v) is 12.0. The summed E-state index contributed by atoms with van der Waals surface area (Å²) in [6.45, 7) is 5.05. The van der Waals surface area contributed by atoms with Gasteiger partial charge < -0.3 is 14.3 Å². The third kappa shape index (κ3) is 3.98. The molecule has 0 unspecified atom stereocenters. The Morgan fingerprint density at radius 3 is 2.68 bits per heavy atom. The smallest absolute Gasteiger partial charge is 0.202 e. The van der Waals surface area contributed by atoms with Crippen LogP contribution < -0.4 is 5.32 Å². The number of hydrogen-bond donors (Lipinski definition) is 1. The number of halogens is 2. The van der Waals surface area contributed by atoms with Gasteiger partial charge in [0.05, 0.1) is 12.0 Å². The van der Waals surface area contributed by atoms with Crippen LogP contribution in [0.3, 0.4) is 0 Å². The molecule has 0 bridgehead atoms. The monoisotopic (exact) mass is 305 g/mol. The van der Waals surface area contributed by atoms with Crippen molar-refractivity contribution < 1.29 is 8.94 Å². The lowest BCUT2D eigenvalue weighted by Gasteiger charge is -2.25. The van der Waals surface area contributed by atoms with E-state index in [1.807, 2.05) is 18.2 Å². The largest absolute Gasteiger partial charge is 0.461 e. The molecule has 0 spiro atoms. The molecule has 0 aromatic carbocycles. The summed E-state index contributed by atoms with van der Waals surface area (Å²) < 4.78 is 10.5. The lowest BCUT2D eigenvalue weighted by atomic mass is 10.3. The first-order valence-corrected chi connectivity index (χ1v) is 5.84. The summed E-state index contributed by atoms with van der Waals surface area (Å²) in [5.74, 6) is 1.42. The molecule has 0 atom stereocenters. The number of piperazine rings is 1. The van der Waals surface area contributed by atoms with Crippen LogP contribution in [0.1, 0.15) is 5.69 Å². The third-order valence-electron chi connectivity index (χ3n) is 2.92. The van der Waals surface area contributed by atoms with Crippen LogP contribution in [-0.2, 0) is 6.54 Å². The van der Waals surface area contributed by atoms with Crippen molar-refractivity contribution in [3.05, 3.63) is 30.2 Å². The van der Waals surface area contributed by atoms with Crippen LogP contribution in [0.25, 0.3) is 11.5 Å². The van der Waals surface area contributed by atoms with Crippen molar-refractivity contribution in [2.75, 3.05) is 26.2 Å². The van der Waals surface area contributed by atoms with Gasteiger partial charge in [-0.05, 0) is 12.1 Å². The maximum absolute atomic E-state index is 5.27. The van der Waals surface area contributed by atoms with E-state index >= 15 is 0 Å². The molecule has 1 aliphatic heterocycles. The number of aromatic nitrogens is 1. The maximum Gasteiger partial charge on any atom is 0.202 e. The van der Waals surface area contributed by atoms with E-state index in [2.05, 4.69) is 15.4 Å². The number of nitrogens with one attached hydrogen (secondary N) is 1. The Bertz CT molecular complexity index is 467. The van der Waals surface area contributed by atoms with Gasteiger partial charge in [0.2, 0.25) is 5.76 Å². The van der Waals surface area contributed by atoms with Gasteiger partial charge in [-0.1, -0.05) is 5.16 Å². The second-order valence-corrected chi connectivity index (χ2v) is 4.19. The van der Waals surface area contributed by atoms with Gasteiger partial charge in [0.1, 0.15) is 0 Å². The fraction of sp³-hybridized carbons (Fsp3) is 0.417. The summed E-state index contributed by atoms with van der Waals surface area (Å²) in [7, 11) is 0. The molecule has 1 saturated heterocycles. The normalized spacial score (nSPS) is 15.6. The minimum Gasteiger partial charge on any atom is -0.461 e. The molecule has 0 saturated carbocycles. The molecule has 1 fully saturated rings. The number of rotatable bonds is 3. The van der Waals surface area contributed by atoms with Crippen molar-refractivity contribution in [1.29, 1.82) is 0 Å². The highest BCUT2D eigenvalue weighted by Crippen LogP contribution is 2.21. The molecule has 7 heteroatoms. The fourth-order valence-electron chi connectivity index (χ4n) is 2.02. The second-order valence-electron chi connectivity index (χ2n) is 4.19. The van der Waals surface area contributed by atoms with Crippen LogP contribution in [0.4, 0.5) is 0 Å². The Morgan fingerprint density at radius 1 is 1.21 bits per heavy atom. The summed E-state index contributed by atoms with van der Waals surface area (Å²) in [5, 5.41) is 7.40. The van der Waals surface area contributed by atoms with E-state index in [9.17, 15) is 0 Å². The van der Waals surface area contributed by atoms with E-state index < -0.39 is 0 Å². The van der Waals surface area contributed by atoms with Crippen molar-refractivity contribution >= 4 is 24.8 Å². The van der Waals surface area contributed by atoms with E-state index in [1.54, 1.807) is 6.26 Å². The van der Waals surface area contributed by atoms with Crippen molar-refractivity contribution in [2.45, 2.75) is 6.54 Å². The zero-order chi connectivity index (χ0) is 11.5. The highest BCUT2D eigenvalue weighted by Gasteiger charge is 2.14. The Balaban J connectivity index is 0.000000902. The summed E-state index contributed by atoms with van der Waals surface area (Å²) >= 11 is 0. The van der Waals surface area contributed by atoms with Gasteiger partial charge in [-0.15, -0.1) is 24.8 Å². The highest BCUT2D eigenvalue weighted by atomic mass is 35.5. The van der Waals surface area contributed by atoms with Gasteiger partial charge in [-0.25, -0.2) is 0 Å². The number of nitrogens with zero attached hydrogens (tertiary/aromatic N) is 2. The van der Waals surface area contributed by atoms with E-state index in [-0.39, 0.29) is 24.8 Å². The third-order valence-corrected chi connectivity index (χ3v) is 2.92. The molecule has 1 aliphatic rings. The lowest BCUT2D eigenvalue weighted by molar-refractivity contribution is 0.227. The summed E-state index contributed by atoms with van der Waals surface area (Å²) in [6.07, 6.45) is 1.63. The molecule has 0 radical (unpaired) electrons. The molecule has 2 aromatic heterocycles. The standard InChI is InChI=1S/C12H15N3O2.2ClH/c1-2-11(16-7-1)12-8-10(14-17-12)9-15-5-3-13-4-6-15;;/h1-2,7-8,13H,3-6,9H2;2*1H. The minimum atomic E-state index is 0. The quantitative estimate of drug-likeness (QED) is 0.942. The van der Waals surface area contributed by atoms with Crippen LogP contribution in [0, 0.1) is 0 Å². The molecule has 106 valence electrons. The SMILES string of the molecule is Cl.Cl.c1coc(-c2cc(CN3CCNCC3)no2)c1. The van der Waals surface area contributed by atoms with Gasteiger partial charge in [0, 0.05) is 38.8 Å². The molecule has 19 heavy (non-hydrogen) atoms. The molecule has 3 heterocycles. The Kier molecular flexibility index (Phi) is 6.37. The average molecular weight is 306 g/mol. The first-order valence-electron chi connectivity index (χ1n) is 5.84. The van der Waals surface area contributed by atoms with Crippen LogP contribution >= 0.6 is 24.8 Å². The Morgan fingerprint density at radius 2 is 2.00 bits per heavy atom. The molecule has 5 nitrogen and oxygen atoms in total. The number of hydrogen-bond acceptors (Lipinski definition) is 5. The predicted molar refractivity (Wildman–Crippen MR) is 76.8 cm³/mol. The molecular formula is C12H17Cl2N3O2. The fourth-order valence-corrected chi connectivity index (χ4v) is 2.02. The molecule has 3 rings (SSSR count). The van der Waals surface area contributed by atoms with Gasteiger partial charge in [0.25, 0.3) is 0 Å². The Hall–Kier alpha value is -1.01. The second kappa shape index (κ2) is 7.55. The van der Waals surface area contributed by atoms with Crippen molar-refractivity contribution in [1.82, 2.24) is 15.4 Å². The summed E-state index contributed by atoms with van der Waals surface area (Å²) in [5.41, 5.74) is 0.957.